The van der Waals surface area contributed by atoms with Crippen LogP contribution < -0.4 is 0 Å². The lowest BCUT2D eigenvalue weighted by Crippen LogP contribution is -2.20. The maximum Gasteiger partial charge on any atom is 0.0446 e. The van der Waals surface area contributed by atoms with Crippen molar-refractivity contribution in [2.24, 2.45) is 27.0 Å². The number of fused-ring (bicyclic) bond motifs is 1. The average Bonchev–Trinajstić information content (AvgIpc) is 2.39. The third kappa shape index (κ3) is 0.512. The van der Waals surface area contributed by atoms with Crippen molar-refractivity contribution in [3.8, 4) is 0 Å². The molecule has 1 fully saturated rings. The first-order valence-electron chi connectivity index (χ1n) is 4.13. The van der Waals surface area contributed by atoms with E-state index < -0.39 is 0 Å². The van der Waals surface area contributed by atoms with Crippen molar-refractivity contribution in [2.75, 3.05) is 0 Å². The Bertz CT molecular complexity index is 267. The van der Waals surface area contributed by atoms with Crippen LogP contribution in [0.4, 0.5) is 0 Å². The zero-order valence-electron chi connectivity index (χ0n) is 7.55. The van der Waals surface area contributed by atoms with Gasteiger partial charge in [0.25, 0.3) is 0 Å². The lowest BCUT2D eigenvalue weighted by atomic mass is 9.92. The summed E-state index contributed by atoms with van der Waals surface area (Å²) in [4.78, 5) is 0. The molecule has 0 amide bonds. The first-order valence-corrected chi connectivity index (χ1v) is 4.13. The summed E-state index contributed by atoms with van der Waals surface area (Å²) in [5.74, 6) is 0.699. The van der Waals surface area contributed by atoms with E-state index in [0.29, 0.717) is 16.7 Å². The van der Waals surface area contributed by atoms with Crippen LogP contribution in [-0.4, -0.2) is 11.9 Å². The molecular weight excluding hydrogens is 136 g/mol. The fourth-order valence-electron chi connectivity index (χ4n) is 2.38. The van der Waals surface area contributed by atoms with Crippen molar-refractivity contribution >= 4 is 11.9 Å². The minimum absolute atomic E-state index is 0.291. The van der Waals surface area contributed by atoms with Gasteiger partial charge in [-0.3, -0.25) is 0 Å². The molecule has 2 heteroatoms. The Morgan fingerprint density at radius 1 is 1.45 bits per heavy atom. The van der Waals surface area contributed by atoms with E-state index in [1.165, 1.54) is 5.71 Å². The van der Waals surface area contributed by atoms with Crippen LogP contribution in [0.1, 0.15) is 27.7 Å². The molecule has 0 spiro atoms. The van der Waals surface area contributed by atoms with Crippen LogP contribution in [0.2, 0.25) is 0 Å². The van der Waals surface area contributed by atoms with Crippen LogP contribution in [-0.2, 0) is 0 Å². The highest BCUT2D eigenvalue weighted by Crippen LogP contribution is 2.69. The molecule has 0 N–H and O–H groups in total. The summed E-state index contributed by atoms with van der Waals surface area (Å²) < 4.78 is 0. The average molecular weight is 150 g/mol. The summed E-state index contributed by atoms with van der Waals surface area (Å²) in [6, 6.07) is 0. The van der Waals surface area contributed by atoms with E-state index in [1.807, 2.05) is 6.21 Å². The van der Waals surface area contributed by atoms with Gasteiger partial charge in [-0.1, -0.05) is 20.8 Å². The Labute approximate surface area is 67.4 Å². The molecular formula is C9H14N2. The molecule has 0 bridgehead atoms. The zero-order valence-corrected chi connectivity index (χ0v) is 7.55. The second-order valence-corrected chi connectivity index (χ2v) is 4.14. The third-order valence-corrected chi connectivity index (χ3v) is 4.09. The van der Waals surface area contributed by atoms with Crippen molar-refractivity contribution in [3.05, 3.63) is 0 Å². The molecule has 1 aliphatic carbocycles. The largest absolute Gasteiger partial charge is 0.163 e. The fraction of sp³-hybridized carbons (Fsp3) is 0.778. The lowest BCUT2D eigenvalue weighted by molar-refractivity contribution is 0.617. The minimum atomic E-state index is 0.291. The summed E-state index contributed by atoms with van der Waals surface area (Å²) in [7, 11) is 0. The van der Waals surface area contributed by atoms with Gasteiger partial charge in [-0.2, -0.15) is 10.2 Å². The van der Waals surface area contributed by atoms with Crippen molar-refractivity contribution in [1.29, 1.82) is 0 Å². The standard InChI is InChI=1S/C9H14N2/c1-6-8(3)5-10-11-7(2)9(6,8)4/h5-6H,1-4H3/t6-,8?,9?/m1/s1. The molecule has 2 nitrogen and oxygen atoms in total. The number of hydrogen-bond acceptors (Lipinski definition) is 2. The predicted molar refractivity (Wildman–Crippen MR) is 47.0 cm³/mol. The quantitative estimate of drug-likeness (QED) is 0.505. The van der Waals surface area contributed by atoms with E-state index in [-0.39, 0.29) is 0 Å². The van der Waals surface area contributed by atoms with E-state index >= 15 is 0 Å². The molecule has 0 aromatic carbocycles. The van der Waals surface area contributed by atoms with E-state index in [1.54, 1.807) is 0 Å². The van der Waals surface area contributed by atoms with Crippen LogP contribution in [0.25, 0.3) is 0 Å². The number of hydrogen-bond donors (Lipinski definition) is 0. The molecule has 60 valence electrons. The van der Waals surface area contributed by atoms with E-state index in [0.717, 1.165) is 0 Å². The van der Waals surface area contributed by atoms with Gasteiger partial charge in [0.05, 0.1) is 0 Å². The van der Waals surface area contributed by atoms with Gasteiger partial charge in [0.15, 0.2) is 0 Å². The lowest BCUT2D eigenvalue weighted by Gasteiger charge is -2.16. The van der Waals surface area contributed by atoms with Gasteiger partial charge < -0.3 is 0 Å². The second kappa shape index (κ2) is 1.57. The highest BCUT2D eigenvalue weighted by atomic mass is 15.2. The molecule has 0 radical (unpaired) electrons. The minimum Gasteiger partial charge on any atom is -0.163 e. The summed E-state index contributed by atoms with van der Waals surface area (Å²) in [5, 5.41) is 8.12. The summed E-state index contributed by atoms with van der Waals surface area (Å²) in [6.07, 6.45) is 2.00. The molecule has 2 rings (SSSR count). The van der Waals surface area contributed by atoms with Gasteiger partial charge >= 0.3 is 0 Å². The normalized spacial score (nSPS) is 53.5. The van der Waals surface area contributed by atoms with Crippen molar-refractivity contribution < 1.29 is 0 Å². The van der Waals surface area contributed by atoms with Gasteiger partial charge in [0.2, 0.25) is 0 Å². The van der Waals surface area contributed by atoms with Crippen LogP contribution >= 0.6 is 0 Å². The molecule has 2 unspecified atom stereocenters. The maximum atomic E-state index is 4.11. The van der Waals surface area contributed by atoms with Crippen LogP contribution in [0.15, 0.2) is 10.2 Å². The molecule has 3 atom stereocenters. The number of rotatable bonds is 0. The topological polar surface area (TPSA) is 24.7 Å². The Morgan fingerprint density at radius 2 is 2.09 bits per heavy atom. The van der Waals surface area contributed by atoms with Crippen LogP contribution in [0.5, 0.6) is 0 Å². The van der Waals surface area contributed by atoms with Crippen molar-refractivity contribution in [1.82, 2.24) is 0 Å². The second-order valence-electron chi connectivity index (χ2n) is 4.14. The first kappa shape index (κ1) is 7.01. The van der Waals surface area contributed by atoms with Crippen molar-refractivity contribution in [2.45, 2.75) is 27.7 Å². The Kier molecular flexibility index (Phi) is 1.00. The molecule has 2 aliphatic rings. The SMILES string of the molecule is CC1=NN=CC2(C)[C@@H](C)C12C. The van der Waals surface area contributed by atoms with Crippen LogP contribution in [0.3, 0.4) is 0 Å². The summed E-state index contributed by atoms with van der Waals surface area (Å²) in [5.41, 5.74) is 1.78. The molecule has 1 heterocycles. The number of nitrogens with zero attached hydrogens (tertiary/aromatic N) is 2. The Balaban J connectivity index is 2.48. The highest BCUT2D eigenvalue weighted by molar-refractivity contribution is 5.99. The molecule has 11 heavy (non-hydrogen) atoms. The molecule has 1 saturated carbocycles. The van der Waals surface area contributed by atoms with Gasteiger partial charge in [0.1, 0.15) is 0 Å². The third-order valence-electron chi connectivity index (χ3n) is 4.09. The van der Waals surface area contributed by atoms with E-state index in [2.05, 4.69) is 37.9 Å². The van der Waals surface area contributed by atoms with Gasteiger partial charge in [-0.05, 0) is 12.8 Å². The maximum absolute atomic E-state index is 4.11. The predicted octanol–water partition coefficient (Wildman–Crippen LogP) is 2.11. The zero-order chi connectivity index (χ0) is 8.28. The van der Waals surface area contributed by atoms with Crippen molar-refractivity contribution in [3.63, 3.8) is 0 Å². The molecule has 0 saturated heterocycles. The van der Waals surface area contributed by atoms with Gasteiger partial charge in [-0.25, -0.2) is 0 Å². The van der Waals surface area contributed by atoms with E-state index in [4.69, 9.17) is 0 Å². The van der Waals surface area contributed by atoms with Crippen LogP contribution in [0, 0.1) is 16.7 Å². The smallest absolute Gasteiger partial charge is 0.0446 e. The van der Waals surface area contributed by atoms with E-state index in [9.17, 15) is 0 Å². The van der Waals surface area contributed by atoms with Gasteiger partial charge in [-0.15, -0.1) is 0 Å². The van der Waals surface area contributed by atoms with Gasteiger partial charge in [0, 0.05) is 22.8 Å². The highest BCUT2D eigenvalue weighted by Gasteiger charge is 2.70. The fourth-order valence-corrected chi connectivity index (χ4v) is 2.38. The molecule has 0 aromatic rings. The molecule has 1 aliphatic heterocycles. The Hall–Kier alpha value is -0.660. The monoisotopic (exact) mass is 150 g/mol. The summed E-state index contributed by atoms with van der Waals surface area (Å²) >= 11 is 0. The summed E-state index contributed by atoms with van der Waals surface area (Å²) in [6.45, 7) is 8.90. The molecule has 0 aromatic heterocycles. The Morgan fingerprint density at radius 3 is 2.55 bits per heavy atom. The first-order chi connectivity index (χ1) is 5.03.